The molecule has 3 heterocycles. The molecular weight excluding hydrogens is 362 g/mol. The van der Waals surface area contributed by atoms with E-state index < -0.39 is 0 Å². The summed E-state index contributed by atoms with van der Waals surface area (Å²) in [5.41, 5.74) is 1.43. The van der Waals surface area contributed by atoms with Gasteiger partial charge in [0.25, 0.3) is 0 Å². The van der Waals surface area contributed by atoms with Crippen LogP contribution in [0.1, 0.15) is 37.6 Å². The molecule has 1 aromatic heterocycles. The fourth-order valence-electron chi connectivity index (χ4n) is 4.75. The Balaban J connectivity index is 1.41. The van der Waals surface area contributed by atoms with Crippen LogP contribution in [0.2, 0.25) is 0 Å². The summed E-state index contributed by atoms with van der Waals surface area (Å²) in [6, 6.07) is 11.6. The number of piperidine rings is 2. The van der Waals surface area contributed by atoms with E-state index in [1.807, 2.05) is 7.05 Å². The molecule has 2 aliphatic rings. The molecule has 156 valence electrons. The molecule has 7 nitrogen and oxygen atoms in total. The van der Waals surface area contributed by atoms with Crippen LogP contribution in [0.15, 0.2) is 41.7 Å². The summed E-state index contributed by atoms with van der Waals surface area (Å²) in [5, 5.41) is 7.63. The van der Waals surface area contributed by atoms with Crippen LogP contribution in [-0.4, -0.2) is 62.7 Å². The number of likely N-dealkylation sites (tertiary alicyclic amines) is 2. The molecule has 2 aromatic rings. The molecule has 0 radical (unpaired) electrons. The number of benzene rings is 1. The minimum absolute atomic E-state index is 0.559. The van der Waals surface area contributed by atoms with Crippen LogP contribution in [0.4, 0.5) is 0 Å². The molecule has 1 aromatic carbocycles. The summed E-state index contributed by atoms with van der Waals surface area (Å²) in [7, 11) is 1.92. The third-order valence-corrected chi connectivity index (χ3v) is 6.22. The monoisotopic (exact) mass is 395 g/mol. The molecule has 2 aliphatic heterocycles. The maximum absolute atomic E-state index is 4.86. The van der Waals surface area contributed by atoms with Gasteiger partial charge in [0, 0.05) is 39.3 Å². The summed E-state index contributed by atoms with van der Waals surface area (Å²) in [6.45, 7) is 8.00. The van der Waals surface area contributed by atoms with Crippen LogP contribution >= 0.6 is 0 Å². The van der Waals surface area contributed by atoms with Gasteiger partial charge in [-0.2, -0.15) is 5.10 Å². The fourth-order valence-corrected chi connectivity index (χ4v) is 4.75. The molecule has 4 rings (SSSR count). The van der Waals surface area contributed by atoms with E-state index in [2.05, 4.69) is 62.5 Å². The summed E-state index contributed by atoms with van der Waals surface area (Å²) >= 11 is 0. The Morgan fingerprint density at radius 3 is 2.83 bits per heavy atom. The van der Waals surface area contributed by atoms with Gasteiger partial charge in [0.1, 0.15) is 18.7 Å². The van der Waals surface area contributed by atoms with Crippen molar-refractivity contribution in [1.82, 2.24) is 29.9 Å². The number of nitrogens with zero attached hydrogens (tertiary/aromatic N) is 6. The highest BCUT2D eigenvalue weighted by atomic mass is 15.3. The van der Waals surface area contributed by atoms with Gasteiger partial charge in [0.05, 0.1) is 0 Å². The lowest BCUT2D eigenvalue weighted by Crippen LogP contribution is -2.56. The van der Waals surface area contributed by atoms with Crippen molar-refractivity contribution in [2.24, 2.45) is 18.0 Å². The van der Waals surface area contributed by atoms with Gasteiger partial charge >= 0.3 is 0 Å². The van der Waals surface area contributed by atoms with Gasteiger partial charge in [0.15, 0.2) is 5.96 Å². The van der Waals surface area contributed by atoms with E-state index >= 15 is 0 Å². The van der Waals surface area contributed by atoms with Crippen molar-refractivity contribution in [2.45, 2.75) is 45.3 Å². The summed E-state index contributed by atoms with van der Waals surface area (Å²) in [6.07, 6.45) is 5.39. The number of aliphatic imine (C=N–C) groups is 1. The fraction of sp³-hybridized carbons (Fsp3) is 0.591. The zero-order chi connectivity index (χ0) is 20.1. The van der Waals surface area contributed by atoms with E-state index in [1.165, 1.54) is 31.4 Å². The van der Waals surface area contributed by atoms with E-state index in [0.29, 0.717) is 18.5 Å². The second-order valence-electron chi connectivity index (χ2n) is 8.13. The average molecular weight is 396 g/mol. The number of hydrogen-bond donors (Lipinski definition) is 1. The molecule has 0 bridgehead atoms. The lowest BCUT2D eigenvalue weighted by Gasteiger charge is -2.48. The van der Waals surface area contributed by atoms with Gasteiger partial charge in [-0.05, 0) is 44.2 Å². The second-order valence-corrected chi connectivity index (χ2v) is 8.13. The van der Waals surface area contributed by atoms with Crippen molar-refractivity contribution in [3.63, 3.8) is 0 Å². The van der Waals surface area contributed by atoms with Crippen molar-refractivity contribution >= 4 is 5.96 Å². The zero-order valence-corrected chi connectivity index (χ0v) is 17.7. The average Bonchev–Trinajstić information content (AvgIpc) is 3.16. The van der Waals surface area contributed by atoms with E-state index in [0.717, 1.165) is 38.0 Å². The van der Waals surface area contributed by atoms with Gasteiger partial charge in [-0.25, -0.2) is 9.98 Å². The van der Waals surface area contributed by atoms with Crippen LogP contribution in [0, 0.1) is 5.92 Å². The Morgan fingerprint density at radius 1 is 1.21 bits per heavy atom. The predicted octanol–water partition coefficient (Wildman–Crippen LogP) is 2.27. The largest absolute Gasteiger partial charge is 0.357 e. The third-order valence-electron chi connectivity index (χ3n) is 6.22. The van der Waals surface area contributed by atoms with Crippen LogP contribution in [0.25, 0.3) is 0 Å². The topological polar surface area (TPSA) is 61.6 Å². The van der Waals surface area contributed by atoms with Crippen molar-refractivity contribution in [3.05, 3.63) is 48.0 Å². The molecule has 0 aliphatic carbocycles. The Bertz CT molecular complexity index is 801. The first kappa shape index (κ1) is 19.9. The molecule has 2 atom stereocenters. The second kappa shape index (κ2) is 9.39. The molecule has 7 heteroatoms. The van der Waals surface area contributed by atoms with Gasteiger partial charge in [-0.3, -0.25) is 9.58 Å². The quantitative estimate of drug-likeness (QED) is 0.622. The smallest absolute Gasteiger partial charge is 0.194 e. The number of fused-ring (bicyclic) bond motifs is 1. The maximum Gasteiger partial charge on any atom is 0.194 e. The van der Waals surface area contributed by atoms with Crippen molar-refractivity contribution < 1.29 is 0 Å². The highest BCUT2D eigenvalue weighted by Crippen LogP contribution is 2.31. The Hall–Kier alpha value is -2.41. The first-order chi connectivity index (χ1) is 14.2. The van der Waals surface area contributed by atoms with Gasteiger partial charge < -0.3 is 10.2 Å². The Labute approximate surface area is 173 Å². The minimum Gasteiger partial charge on any atom is -0.357 e. The summed E-state index contributed by atoms with van der Waals surface area (Å²) < 4.78 is 1.79. The summed E-state index contributed by atoms with van der Waals surface area (Å²) in [5.74, 6) is 2.61. The van der Waals surface area contributed by atoms with Gasteiger partial charge in [-0.15, -0.1) is 0 Å². The van der Waals surface area contributed by atoms with E-state index in [4.69, 9.17) is 4.99 Å². The van der Waals surface area contributed by atoms with Crippen molar-refractivity contribution in [3.8, 4) is 0 Å². The number of guanidine groups is 1. The predicted molar refractivity (Wildman–Crippen MR) is 115 cm³/mol. The molecule has 0 saturated carbocycles. The Morgan fingerprint density at radius 2 is 2.07 bits per heavy atom. The van der Waals surface area contributed by atoms with Crippen molar-refractivity contribution in [2.75, 3.05) is 26.2 Å². The molecular formula is C22H33N7. The molecule has 2 saturated heterocycles. The van der Waals surface area contributed by atoms with Crippen molar-refractivity contribution in [1.29, 1.82) is 0 Å². The van der Waals surface area contributed by atoms with E-state index in [-0.39, 0.29) is 0 Å². The third kappa shape index (κ3) is 4.78. The first-order valence-electron chi connectivity index (χ1n) is 10.9. The lowest BCUT2D eigenvalue weighted by atomic mass is 9.83. The molecule has 2 fully saturated rings. The number of aromatic nitrogens is 3. The van der Waals surface area contributed by atoms with Crippen LogP contribution in [0.3, 0.4) is 0 Å². The molecule has 0 spiro atoms. The van der Waals surface area contributed by atoms with Gasteiger partial charge in [-0.1, -0.05) is 30.3 Å². The first-order valence-corrected chi connectivity index (χ1v) is 10.9. The zero-order valence-electron chi connectivity index (χ0n) is 17.7. The molecule has 0 amide bonds. The molecule has 2 unspecified atom stereocenters. The number of rotatable bonds is 5. The lowest BCUT2D eigenvalue weighted by molar-refractivity contribution is 0.0372. The highest BCUT2D eigenvalue weighted by Gasteiger charge is 2.36. The van der Waals surface area contributed by atoms with Crippen LogP contribution < -0.4 is 5.32 Å². The maximum atomic E-state index is 4.86. The number of aryl methyl sites for hydroxylation is 1. The normalized spacial score (nSPS) is 23.1. The molecule has 29 heavy (non-hydrogen) atoms. The molecule has 1 N–H and O–H groups in total. The number of hydrogen-bond acceptors (Lipinski definition) is 4. The standard InChI is InChI=1S/C22H33N7/c1-3-23-22(24-14-21-25-17-26-27(21)2)29-13-11-20-19(16-29)10-7-12-28(20)15-18-8-5-4-6-9-18/h4-6,8-9,17,19-20H,3,7,10-16H2,1-2H3,(H,23,24). The van der Waals surface area contributed by atoms with Crippen LogP contribution in [-0.2, 0) is 20.1 Å². The SMILES string of the molecule is CCNC(=NCc1ncnn1C)N1CCC2C(CCCN2Cc2ccccc2)C1. The van der Waals surface area contributed by atoms with E-state index in [9.17, 15) is 0 Å². The number of nitrogens with one attached hydrogen (secondary N) is 1. The summed E-state index contributed by atoms with van der Waals surface area (Å²) in [4.78, 5) is 14.3. The Kier molecular flexibility index (Phi) is 6.44. The van der Waals surface area contributed by atoms with E-state index in [1.54, 1.807) is 11.0 Å². The minimum atomic E-state index is 0.559. The van der Waals surface area contributed by atoms with Gasteiger partial charge in [0.2, 0.25) is 0 Å². The van der Waals surface area contributed by atoms with Crippen LogP contribution in [0.5, 0.6) is 0 Å². The highest BCUT2D eigenvalue weighted by molar-refractivity contribution is 5.80.